The second-order valence-corrected chi connectivity index (χ2v) is 4.64. The normalized spacial score (nSPS) is 10.8. The van der Waals surface area contributed by atoms with Crippen LogP contribution in [0.15, 0.2) is 54.6 Å². The third kappa shape index (κ3) is 3.90. The first-order valence-electron chi connectivity index (χ1n) is 6.24. The number of hydrogen-bond acceptors (Lipinski definition) is 2. The van der Waals surface area contributed by atoms with Crippen molar-refractivity contribution in [1.82, 2.24) is 4.90 Å². The molecule has 94 valence electrons. The van der Waals surface area contributed by atoms with Gasteiger partial charge in [0, 0.05) is 13.1 Å². The number of benzene rings is 2. The number of likely N-dealkylation sites (N-methyl/N-ethyl adjacent to an activating group) is 1. The van der Waals surface area contributed by atoms with Crippen LogP contribution in [0.4, 0.5) is 0 Å². The van der Waals surface area contributed by atoms with Crippen LogP contribution in [0, 0.1) is 0 Å². The predicted octanol–water partition coefficient (Wildman–Crippen LogP) is 3.07. The number of phenolic OH excluding ortho intramolecular Hbond substituents is 1. The number of aromatic hydroxyl groups is 1. The standard InChI is InChI=1S/C16H19NO/c1-17(13-15-5-3-2-4-6-15)12-11-14-7-9-16(18)10-8-14/h2-10,18H,11-13H2,1H3. The van der Waals surface area contributed by atoms with Gasteiger partial charge in [-0.2, -0.15) is 0 Å². The molecule has 2 rings (SSSR count). The van der Waals surface area contributed by atoms with E-state index in [-0.39, 0.29) is 0 Å². The van der Waals surface area contributed by atoms with Crippen LogP contribution in [0.5, 0.6) is 5.75 Å². The Morgan fingerprint density at radius 1 is 0.889 bits per heavy atom. The molecule has 0 saturated carbocycles. The third-order valence-corrected chi connectivity index (χ3v) is 3.01. The number of hydrogen-bond donors (Lipinski definition) is 1. The lowest BCUT2D eigenvalue weighted by Crippen LogP contribution is -2.20. The highest BCUT2D eigenvalue weighted by Crippen LogP contribution is 2.11. The molecule has 0 aliphatic carbocycles. The molecule has 0 aliphatic heterocycles. The van der Waals surface area contributed by atoms with Crippen LogP contribution < -0.4 is 0 Å². The van der Waals surface area contributed by atoms with Gasteiger partial charge in [0.1, 0.15) is 5.75 Å². The zero-order valence-electron chi connectivity index (χ0n) is 10.7. The molecular formula is C16H19NO. The maximum Gasteiger partial charge on any atom is 0.115 e. The molecule has 0 aliphatic rings. The first kappa shape index (κ1) is 12.7. The van der Waals surface area contributed by atoms with E-state index in [9.17, 15) is 5.11 Å². The highest BCUT2D eigenvalue weighted by atomic mass is 16.3. The van der Waals surface area contributed by atoms with Gasteiger partial charge in [0.2, 0.25) is 0 Å². The number of rotatable bonds is 5. The van der Waals surface area contributed by atoms with Gasteiger partial charge in [-0.1, -0.05) is 42.5 Å². The average molecular weight is 241 g/mol. The summed E-state index contributed by atoms with van der Waals surface area (Å²) in [5, 5.41) is 9.22. The summed E-state index contributed by atoms with van der Waals surface area (Å²) in [6.45, 7) is 1.98. The lowest BCUT2D eigenvalue weighted by molar-refractivity contribution is 0.331. The lowest BCUT2D eigenvalue weighted by Gasteiger charge is -2.16. The fourth-order valence-electron chi connectivity index (χ4n) is 1.96. The smallest absolute Gasteiger partial charge is 0.115 e. The Balaban J connectivity index is 1.81. The molecule has 0 spiro atoms. The summed E-state index contributed by atoms with van der Waals surface area (Å²) in [6, 6.07) is 17.9. The van der Waals surface area contributed by atoms with Gasteiger partial charge >= 0.3 is 0 Å². The summed E-state index contributed by atoms with van der Waals surface area (Å²) in [4.78, 5) is 2.31. The van der Waals surface area contributed by atoms with E-state index in [1.54, 1.807) is 12.1 Å². The Bertz CT molecular complexity index is 464. The van der Waals surface area contributed by atoms with Gasteiger partial charge in [-0.25, -0.2) is 0 Å². The largest absolute Gasteiger partial charge is 0.508 e. The fraction of sp³-hybridized carbons (Fsp3) is 0.250. The van der Waals surface area contributed by atoms with E-state index in [0.717, 1.165) is 19.5 Å². The number of nitrogens with zero attached hydrogens (tertiary/aromatic N) is 1. The molecule has 2 aromatic rings. The van der Waals surface area contributed by atoms with Crippen molar-refractivity contribution in [2.45, 2.75) is 13.0 Å². The molecule has 2 aromatic carbocycles. The minimum Gasteiger partial charge on any atom is -0.508 e. The lowest BCUT2D eigenvalue weighted by atomic mass is 10.1. The van der Waals surface area contributed by atoms with Gasteiger partial charge < -0.3 is 10.0 Å². The van der Waals surface area contributed by atoms with E-state index in [0.29, 0.717) is 5.75 Å². The minimum absolute atomic E-state index is 0.330. The first-order chi connectivity index (χ1) is 8.74. The fourth-order valence-corrected chi connectivity index (χ4v) is 1.96. The Labute approximate surface area is 109 Å². The SMILES string of the molecule is CN(CCc1ccc(O)cc1)Cc1ccccc1. The van der Waals surface area contributed by atoms with Gasteiger partial charge in [0.05, 0.1) is 0 Å². The predicted molar refractivity (Wildman–Crippen MR) is 74.6 cm³/mol. The number of phenols is 1. The summed E-state index contributed by atoms with van der Waals surface area (Å²) in [7, 11) is 2.13. The monoisotopic (exact) mass is 241 g/mol. The Hall–Kier alpha value is -1.80. The van der Waals surface area contributed by atoms with Crippen LogP contribution in [-0.2, 0) is 13.0 Å². The van der Waals surface area contributed by atoms with Crippen LogP contribution in [0.3, 0.4) is 0 Å². The Morgan fingerprint density at radius 2 is 1.56 bits per heavy atom. The van der Waals surface area contributed by atoms with E-state index in [4.69, 9.17) is 0 Å². The molecule has 0 aromatic heterocycles. The summed E-state index contributed by atoms with van der Waals surface area (Å²) in [5.74, 6) is 0.330. The topological polar surface area (TPSA) is 23.5 Å². The van der Waals surface area contributed by atoms with Crippen molar-refractivity contribution < 1.29 is 5.11 Å². The van der Waals surface area contributed by atoms with E-state index >= 15 is 0 Å². The van der Waals surface area contributed by atoms with Crippen molar-refractivity contribution in [1.29, 1.82) is 0 Å². The molecule has 0 saturated heterocycles. The molecule has 0 heterocycles. The maximum atomic E-state index is 9.22. The molecule has 2 nitrogen and oxygen atoms in total. The van der Waals surface area contributed by atoms with Gasteiger partial charge in [-0.3, -0.25) is 0 Å². The minimum atomic E-state index is 0.330. The molecule has 0 amide bonds. The highest BCUT2D eigenvalue weighted by molar-refractivity contribution is 5.26. The Kier molecular flexibility index (Phi) is 4.37. The summed E-state index contributed by atoms with van der Waals surface area (Å²) in [5.41, 5.74) is 2.60. The average Bonchev–Trinajstić information content (AvgIpc) is 2.39. The van der Waals surface area contributed by atoms with Crippen molar-refractivity contribution in [2.75, 3.05) is 13.6 Å². The van der Waals surface area contributed by atoms with Crippen molar-refractivity contribution in [3.63, 3.8) is 0 Å². The quantitative estimate of drug-likeness (QED) is 0.869. The van der Waals surface area contributed by atoms with Crippen molar-refractivity contribution >= 4 is 0 Å². The third-order valence-electron chi connectivity index (χ3n) is 3.01. The summed E-state index contributed by atoms with van der Waals surface area (Å²) in [6.07, 6.45) is 1.00. The molecule has 1 N–H and O–H groups in total. The molecule has 0 unspecified atom stereocenters. The zero-order valence-corrected chi connectivity index (χ0v) is 10.7. The van der Waals surface area contributed by atoms with Crippen LogP contribution in [0.2, 0.25) is 0 Å². The van der Waals surface area contributed by atoms with Crippen LogP contribution in [0.25, 0.3) is 0 Å². The second kappa shape index (κ2) is 6.22. The molecule has 0 bridgehead atoms. The van der Waals surface area contributed by atoms with Crippen molar-refractivity contribution in [3.8, 4) is 5.75 Å². The first-order valence-corrected chi connectivity index (χ1v) is 6.24. The Morgan fingerprint density at radius 3 is 2.22 bits per heavy atom. The van der Waals surface area contributed by atoms with Gasteiger partial charge in [-0.15, -0.1) is 0 Å². The van der Waals surface area contributed by atoms with Crippen molar-refractivity contribution in [3.05, 3.63) is 65.7 Å². The van der Waals surface area contributed by atoms with Crippen LogP contribution >= 0.6 is 0 Å². The molecular weight excluding hydrogens is 222 g/mol. The van der Waals surface area contributed by atoms with Gasteiger partial charge in [-0.05, 0) is 36.7 Å². The molecule has 0 radical (unpaired) electrons. The zero-order chi connectivity index (χ0) is 12.8. The summed E-state index contributed by atoms with van der Waals surface area (Å²) < 4.78 is 0. The van der Waals surface area contributed by atoms with E-state index in [1.807, 2.05) is 18.2 Å². The highest BCUT2D eigenvalue weighted by Gasteiger charge is 2.01. The van der Waals surface area contributed by atoms with Gasteiger partial charge in [0.25, 0.3) is 0 Å². The van der Waals surface area contributed by atoms with Crippen LogP contribution in [0.1, 0.15) is 11.1 Å². The molecule has 2 heteroatoms. The molecule has 18 heavy (non-hydrogen) atoms. The maximum absolute atomic E-state index is 9.22. The van der Waals surface area contributed by atoms with Crippen LogP contribution in [-0.4, -0.2) is 23.6 Å². The van der Waals surface area contributed by atoms with E-state index in [2.05, 4.69) is 36.2 Å². The van der Waals surface area contributed by atoms with Crippen molar-refractivity contribution in [2.24, 2.45) is 0 Å². The molecule has 0 atom stereocenters. The van der Waals surface area contributed by atoms with E-state index in [1.165, 1.54) is 11.1 Å². The summed E-state index contributed by atoms with van der Waals surface area (Å²) >= 11 is 0. The van der Waals surface area contributed by atoms with E-state index < -0.39 is 0 Å². The second-order valence-electron chi connectivity index (χ2n) is 4.64. The molecule has 0 fully saturated rings. The van der Waals surface area contributed by atoms with Gasteiger partial charge in [0.15, 0.2) is 0 Å².